The molecule has 2 saturated heterocycles. The van der Waals surface area contributed by atoms with E-state index in [4.69, 9.17) is 15.9 Å². The second-order valence-corrected chi connectivity index (χ2v) is 8.88. The molecular formula is C23H36N4O2. The Labute approximate surface area is 174 Å². The van der Waals surface area contributed by atoms with Gasteiger partial charge in [0.1, 0.15) is 5.84 Å². The number of esters is 1. The van der Waals surface area contributed by atoms with E-state index in [2.05, 4.69) is 21.9 Å². The second-order valence-electron chi connectivity index (χ2n) is 8.88. The molecule has 0 radical (unpaired) electrons. The van der Waals surface area contributed by atoms with Crippen LogP contribution in [0, 0.1) is 17.2 Å². The Balaban J connectivity index is 1.37. The van der Waals surface area contributed by atoms with Crippen LogP contribution in [0.2, 0.25) is 0 Å². The smallest absolute Gasteiger partial charge is 0.306 e. The zero-order valence-corrected chi connectivity index (χ0v) is 17.9. The number of ether oxygens (including phenoxy) is 1. The van der Waals surface area contributed by atoms with Crippen LogP contribution in [0.5, 0.6) is 0 Å². The van der Waals surface area contributed by atoms with Crippen LogP contribution in [0.15, 0.2) is 24.3 Å². The summed E-state index contributed by atoms with van der Waals surface area (Å²) < 4.78 is 5.29. The molecule has 0 saturated carbocycles. The molecule has 0 amide bonds. The van der Waals surface area contributed by atoms with Gasteiger partial charge in [0.2, 0.25) is 0 Å². The summed E-state index contributed by atoms with van der Waals surface area (Å²) in [6.45, 7) is 9.38. The summed E-state index contributed by atoms with van der Waals surface area (Å²) in [5.41, 5.74) is 7.55. The van der Waals surface area contributed by atoms with E-state index in [1.807, 2.05) is 26.0 Å². The van der Waals surface area contributed by atoms with Crippen LogP contribution in [0.25, 0.3) is 0 Å². The number of nitrogens with two attached hydrogens (primary N) is 1. The first-order valence-electron chi connectivity index (χ1n) is 11.0. The number of piperidine rings is 2. The lowest BCUT2D eigenvalue weighted by molar-refractivity contribution is -0.148. The van der Waals surface area contributed by atoms with Crippen molar-refractivity contribution in [2.75, 3.05) is 37.6 Å². The largest absolute Gasteiger partial charge is 0.463 e. The number of nitrogens with zero attached hydrogens (tertiary/aromatic N) is 2. The summed E-state index contributed by atoms with van der Waals surface area (Å²) in [4.78, 5) is 16.9. The maximum absolute atomic E-state index is 11.9. The lowest BCUT2D eigenvalue weighted by Crippen LogP contribution is -2.41. The normalized spacial score (nSPS) is 19.5. The highest BCUT2D eigenvalue weighted by Crippen LogP contribution is 2.27. The maximum atomic E-state index is 11.9. The standard InChI is InChI=1S/C23H36N4O2/c1-17(2)29-22(28)15-18-7-11-26(12-8-18)16-19-9-13-27(14-10-19)21-5-3-20(4-6-21)23(24)25/h3-6,17-19H,7-16H2,1-2H3,(H3,24,25). The molecule has 2 fully saturated rings. The molecule has 0 bridgehead atoms. The van der Waals surface area contributed by atoms with Gasteiger partial charge in [-0.05, 0) is 88.7 Å². The Morgan fingerprint density at radius 3 is 2.21 bits per heavy atom. The topological polar surface area (TPSA) is 82.7 Å². The predicted molar refractivity (Wildman–Crippen MR) is 117 cm³/mol. The molecule has 160 valence electrons. The molecule has 1 aromatic carbocycles. The minimum absolute atomic E-state index is 0.0134. The average molecular weight is 401 g/mol. The third kappa shape index (κ3) is 6.46. The number of rotatable bonds is 7. The Kier molecular flexibility index (Phi) is 7.53. The molecule has 0 unspecified atom stereocenters. The van der Waals surface area contributed by atoms with E-state index in [1.54, 1.807) is 0 Å². The third-order valence-corrected chi connectivity index (χ3v) is 6.20. The van der Waals surface area contributed by atoms with Gasteiger partial charge >= 0.3 is 5.97 Å². The number of carbonyl (C=O) groups excluding carboxylic acids is 1. The summed E-state index contributed by atoms with van der Waals surface area (Å²) in [6, 6.07) is 8.02. The summed E-state index contributed by atoms with van der Waals surface area (Å²) in [6.07, 6.45) is 5.21. The molecule has 3 N–H and O–H groups in total. The van der Waals surface area contributed by atoms with Gasteiger partial charge in [0, 0.05) is 37.3 Å². The highest BCUT2D eigenvalue weighted by molar-refractivity contribution is 5.95. The van der Waals surface area contributed by atoms with E-state index >= 15 is 0 Å². The van der Waals surface area contributed by atoms with Gasteiger partial charge in [-0.3, -0.25) is 10.2 Å². The first-order chi connectivity index (χ1) is 13.9. The monoisotopic (exact) mass is 400 g/mol. The van der Waals surface area contributed by atoms with E-state index < -0.39 is 0 Å². The molecule has 1 aromatic rings. The SMILES string of the molecule is CC(C)OC(=O)CC1CCN(CC2CCN(c3ccc(C(=N)N)cc3)CC2)CC1. The van der Waals surface area contributed by atoms with Crippen LogP contribution >= 0.6 is 0 Å². The quantitative estimate of drug-likeness (QED) is 0.417. The molecule has 0 aromatic heterocycles. The van der Waals surface area contributed by atoms with Gasteiger partial charge in [-0.25, -0.2) is 0 Å². The number of nitrogen functional groups attached to an aromatic ring is 1. The fourth-order valence-electron chi connectivity index (χ4n) is 4.51. The van der Waals surface area contributed by atoms with Crippen molar-refractivity contribution in [3.8, 4) is 0 Å². The van der Waals surface area contributed by atoms with E-state index in [9.17, 15) is 4.79 Å². The number of amidine groups is 1. The van der Waals surface area contributed by atoms with Crippen molar-refractivity contribution in [2.24, 2.45) is 17.6 Å². The first kappa shape index (κ1) is 21.6. The highest BCUT2D eigenvalue weighted by atomic mass is 16.5. The molecule has 6 nitrogen and oxygen atoms in total. The average Bonchev–Trinajstić information content (AvgIpc) is 2.69. The minimum atomic E-state index is -0.0397. The number of benzene rings is 1. The Bertz CT molecular complexity index is 673. The summed E-state index contributed by atoms with van der Waals surface area (Å²) >= 11 is 0. The van der Waals surface area contributed by atoms with Crippen LogP contribution in [-0.4, -0.2) is 55.5 Å². The molecule has 2 aliphatic rings. The van der Waals surface area contributed by atoms with Crippen molar-refractivity contribution in [1.82, 2.24) is 4.90 Å². The van der Waals surface area contributed by atoms with Crippen molar-refractivity contribution in [3.63, 3.8) is 0 Å². The number of nitrogens with one attached hydrogen (secondary N) is 1. The number of likely N-dealkylation sites (tertiary alicyclic amines) is 1. The Morgan fingerprint density at radius 1 is 1.07 bits per heavy atom. The van der Waals surface area contributed by atoms with Crippen LogP contribution in [0.3, 0.4) is 0 Å². The minimum Gasteiger partial charge on any atom is -0.463 e. The summed E-state index contributed by atoms with van der Waals surface area (Å²) in [5, 5.41) is 7.51. The molecule has 0 spiro atoms. The fourth-order valence-corrected chi connectivity index (χ4v) is 4.51. The van der Waals surface area contributed by atoms with Gasteiger partial charge in [-0.15, -0.1) is 0 Å². The van der Waals surface area contributed by atoms with Gasteiger partial charge in [0.25, 0.3) is 0 Å². The molecule has 3 rings (SSSR count). The number of carbonyl (C=O) groups is 1. The number of hydrogen-bond donors (Lipinski definition) is 2. The van der Waals surface area contributed by atoms with Crippen molar-refractivity contribution >= 4 is 17.5 Å². The molecular weight excluding hydrogens is 364 g/mol. The second kappa shape index (κ2) is 10.1. The lowest BCUT2D eigenvalue weighted by atomic mass is 9.91. The van der Waals surface area contributed by atoms with Crippen molar-refractivity contribution in [1.29, 1.82) is 5.41 Å². The van der Waals surface area contributed by atoms with E-state index in [-0.39, 0.29) is 17.9 Å². The van der Waals surface area contributed by atoms with E-state index in [0.29, 0.717) is 12.3 Å². The van der Waals surface area contributed by atoms with Gasteiger partial charge in [0.05, 0.1) is 6.10 Å². The maximum Gasteiger partial charge on any atom is 0.306 e. The number of anilines is 1. The van der Waals surface area contributed by atoms with Crippen LogP contribution in [-0.2, 0) is 9.53 Å². The molecule has 0 atom stereocenters. The van der Waals surface area contributed by atoms with Crippen molar-refractivity contribution in [2.45, 2.75) is 52.1 Å². The van der Waals surface area contributed by atoms with E-state index in [1.165, 1.54) is 25.1 Å². The van der Waals surface area contributed by atoms with Crippen LogP contribution < -0.4 is 10.6 Å². The first-order valence-corrected chi connectivity index (χ1v) is 11.0. The predicted octanol–water partition coefficient (Wildman–Crippen LogP) is 3.24. The lowest BCUT2D eigenvalue weighted by Gasteiger charge is -2.38. The fraction of sp³-hybridized carbons (Fsp3) is 0.652. The third-order valence-electron chi connectivity index (χ3n) is 6.20. The Morgan fingerprint density at radius 2 is 1.66 bits per heavy atom. The van der Waals surface area contributed by atoms with Gasteiger partial charge < -0.3 is 20.3 Å². The zero-order chi connectivity index (χ0) is 20.8. The van der Waals surface area contributed by atoms with Gasteiger partial charge in [-0.2, -0.15) is 0 Å². The summed E-state index contributed by atoms with van der Waals surface area (Å²) in [7, 11) is 0. The van der Waals surface area contributed by atoms with Gasteiger partial charge in [-0.1, -0.05) is 0 Å². The number of hydrogen-bond acceptors (Lipinski definition) is 5. The summed E-state index contributed by atoms with van der Waals surface area (Å²) in [5.74, 6) is 1.32. The van der Waals surface area contributed by atoms with Crippen LogP contribution in [0.4, 0.5) is 5.69 Å². The Hall–Kier alpha value is -2.08. The molecule has 29 heavy (non-hydrogen) atoms. The van der Waals surface area contributed by atoms with Crippen LogP contribution in [0.1, 0.15) is 51.5 Å². The molecule has 2 heterocycles. The molecule has 2 aliphatic heterocycles. The van der Waals surface area contributed by atoms with Crippen molar-refractivity contribution in [3.05, 3.63) is 29.8 Å². The van der Waals surface area contributed by atoms with Gasteiger partial charge in [0.15, 0.2) is 0 Å². The molecule has 6 heteroatoms. The van der Waals surface area contributed by atoms with E-state index in [0.717, 1.165) is 50.5 Å². The zero-order valence-electron chi connectivity index (χ0n) is 17.9. The highest BCUT2D eigenvalue weighted by Gasteiger charge is 2.26. The van der Waals surface area contributed by atoms with Crippen molar-refractivity contribution < 1.29 is 9.53 Å². The molecule has 0 aliphatic carbocycles.